The summed E-state index contributed by atoms with van der Waals surface area (Å²) in [6.07, 6.45) is 0. The van der Waals surface area contributed by atoms with Crippen molar-refractivity contribution < 1.29 is 17.2 Å². The van der Waals surface area contributed by atoms with E-state index in [4.69, 9.17) is 22.3 Å². The molecule has 0 unspecified atom stereocenters. The van der Waals surface area contributed by atoms with Gasteiger partial charge in [-0.2, -0.15) is 0 Å². The van der Waals surface area contributed by atoms with E-state index >= 15 is 0 Å². The lowest BCUT2D eigenvalue weighted by atomic mass is 10.1. The molecule has 0 atom stereocenters. The third-order valence-corrected chi connectivity index (χ3v) is 2.91. The molecule has 0 aromatic heterocycles. The lowest BCUT2D eigenvalue weighted by Gasteiger charge is -2.14. The van der Waals surface area contributed by atoms with Gasteiger partial charge >= 0.3 is 0 Å². The molecule has 0 saturated heterocycles. The average Bonchev–Trinajstić information content (AvgIpc) is 2.00. The minimum Gasteiger partial charge on any atom is -0.212 e. The fourth-order valence-corrected chi connectivity index (χ4v) is 2.13. The van der Waals surface area contributed by atoms with Crippen LogP contribution in [0.3, 0.4) is 0 Å². The molecule has 0 bridgehead atoms. The van der Waals surface area contributed by atoms with Crippen LogP contribution >= 0.6 is 22.3 Å². The van der Waals surface area contributed by atoms with Gasteiger partial charge in [0.2, 0.25) is 9.05 Å². The molecule has 0 saturated carbocycles. The van der Waals surface area contributed by atoms with Gasteiger partial charge in [-0.1, -0.05) is 23.7 Å². The first-order chi connectivity index (χ1) is 6.71. The van der Waals surface area contributed by atoms with Crippen LogP contribution in [0.25, 0.3) is 0 Å². The fraction of sp³-hybridized carbons (Fsp3) is 0.250. The molecule has 84 valence electrons. The van der Waals surface area contributed by atoms with E-state index in [1.807, 2.05) is 0 Å². The Labute approximate surface area is 95.2 Å². The summed E-state index contributed by atoms with van der Waals surface area (Å²) < 4.78 is 47.6. The maximum Gasteiger partial charge on any atom is 0.288 e. The molecule has 2 nitrogen and oxygen atoms in total. The van der Waals surface area contributed by atoms with Gasteiger partial charge in [-0.3, -0.25) is 0 Å². The number of hydrogen-bond donors (Lipinski definition) is 0. The summed E-state index contributed by atoms with van der Waals surface area (Å²) in [6, 6.07) is 4.63. The maximum absolute atomic E-state index is 13.3. The molecule has 0 aliphatic rings. The Bertz CT molecular complexity index is 442. The summed E-state index contributed by atoms with van der Waals surface area (Å²) in [5.74, 6) is -4.94. The van der Waals surface area contributed by atoms with Crippen molar-refractivity contribution in [1.29, 1.82) is 0 Å². The number of alkyl halides is 2. The number of rotatable bonds is 3. The zero-order chi connectivity index (χ0) is 11.7. The quantitative estimate of drug-likeness (QED) is 0.795. The lowest BCUT2D eigenvalue weighted by molar-refractivity contribution is 0.0217. The molecular formula is C8H6Cl2F2O2S. The van der Waals surface area contributed by atoms with Gasteiger partial charge in [0.1, 0.15) is 5.75 Å². The predicted octanol–water partition coefficient (Wildman–Crippen LogP) is 3.00. The zero-order valence-corrected chi connectivity index (χ0v) is 9.58. The van der Waals surface area contributed by atoms with Crippen LogP contribution in [0.4, 0.5) is 8.78 Å². The second-order valence-electron chi connectivity index (χ2n) is 2.89. The number of benzene rings is 1. The minimum absolute atomic E-state index is 0.295. The highest BCUT2D eigenvalue weighted by atomic mass is 35.7. The maximum atomic E-state index is 13.3. The van der Waals surface area contributed by atoms with Crippen LogP contribution in [0.1, 0.15) is 5.56 Å². The molecule has 1 rings (SSSR count). The number of hydrogen-bond acceptors (Lipinski definition) is 2. The molecule has 0 aliphatic carbocycles. The van der Waals surface area contributed by atoms with Crippen LogP contribution in [0.15, 0.2) is 24.3 Å². The Hall–Kier alpha value is -0.390. The molecule has 0 heterocycles. The van der Waals surface area contributed by atoms with Crippen molar-refractivity contribution in [3.63, 3.8) is 0 Å². The smallest absolute Gasteiger partial charge is 0.212 e. The Kier molecular flexibility index (Phi) is 3.58. The van der Waals surface area contributed by atoms with E-state index in [1.165, 1.54) is 12.1 Å². The molecule has 1 aromatic carbocycles. The SMILES string of the molecule is O=S(=O)(Cl)CC(F)(F)c1ccc(Cl)cc1. The predicted molar refractivity (Wildman–Crippen MR) is 55.0 cm³/mol. The highest BCUT2D eigenvalue weighted by Crippen LogP contribution is 2.31. The van der Waals surface area contributed by atoms with Crippen LogP contribution in [0, 0.1) is 0 Å². The summed E-state index contributed by atoms with van der Waals surface area (Å²) >= 11 is 5.51. The largest absolute Gasteiger partial charge is 0.288 e. The summed E-state index contributed by atoms with van der Waals surface area (Å²) in [5, 5.41) is 0.295. The van der Waals surface area contributed by atoms with E-state index < -0.39 is 26.3 Å². The van der Waals surface area contributed by atoms with E-state index in [-0.39, 0.29) is 0 Å². The molecular weight excluding hydrogens is 269 g/mol. The molecule has 7 heteroatoms. The molecule has 15 heavy (non-hydrogen) atoms. The molecule has 1 aromatic rings. The highest BCUT2D eigenvalue weighted by Gasteiger charge is 2.36. The first-order valence-corrected chi connectivity index (χ1v) is 6.62. The Morgan fingerprint density at radius 2 is 1.67 bits per heavy atom. The summed E-state index contributed by atoms with van der Waals surface area (Å²) in [7, 11) is 0.514. The Morgan fingerprint density at radius 1 is 1.20 bits per heavy atom. The second kappa shape index (κ2) is 4.23. The molecule has 0 spiro atoms. The van der Waals surface area contributed by atoms with Gasteiger partial charge in [0.15, 0.2) is 0 Å². The van der Waals surface area contributed by atoms with Crippen molar-refractivity contribution in [3.05, 3.63) is 34.9 Å². The van der Waals surface area contributed by atoms with Crippen LogP contribution < -0.4 is 0 Å². The molecule has 0 fully saturated rings. The standard InChI is InChI=1S/C8H6Cl2F2O2S/c9-7-3-1-6(2-4-7)8(11,12)5-15(10,13)14/h1-4H,5H2. The van der Waals surface area contributed by atoms with Crippen molar-refractivity contribution in [1.82, 2.24) is 0 Å². The van der Waals surface area contributed by atoms with E-state index in [1.54, 1.807) is 0 Å². The third kappa shape index (κ3) is 3.93. The summed E-state index contributed by atoms with van der Waals surface area (Å²) in [4.78, 5) is 0. The topological polar surface area (TPSA) is 34.1 Å². The van der Waals surface area contributed by atoms with Crippen molar-refractivity contribution in [2.24, 2.45) is 0 Å². The fourth-order valence-electron chi connectivity index (χ4n) is 0.994. The third-order valence-electron chi connectivity index (χ3n) is 1.62. The second-order valence-corrected chi connectivity index (χ2v) is 6.11. The van der Waals surface area contributed by atoms with E-state index in [9.17, 15) is 17.2 Å². The van der Waals surface area contributed by atoms with Gasteiger partial charge in [0, 0.05) is 21.3 Å². The lowest BCUT2D eigenvalue weighted by Crippen LogP contribution is -2.22. The Morgan fingerprint density at radius 3 is 2.07 bits per heavy atom. The molecule has 0 radical (unpaired) electrons. The van der Waals surface area contributed by atoms with Gasteiger partial charge in [-0.05, 0) is 12.1 Å². The molecule has 0 N–H and O–H groups in total. The van der Waals surface area contributed by atoms with Crippen molar-refractivity contribution >= 4 is 31.3 Å². The molecule has 0 amide bonds. The van der Waals surface area contributed by atoms with E-state index in [0.717, 1.165) is 12.1 Å². The van der Waals surface area contributed by atoms with E-state index in [0.29, 0.717) is 5.02 Å². The number of halogens is 4. The van der Waals surface area contributed by atoms with Gasteiger partial charge in [0.05, 0.1) is 0 Å². The van der Waals surface area contributed by atoms with Crippen LogP contribution in [-0.4, -0.2) is 14.2 Å². The van der Waals surface area contributed by atoms with E-state index in [2.05, 4.69) is 0 Å². The van der Waals surface area contributed by atoms with Gasteiger partial charge in [-0.15, -0.1) is 0 Å². The zero-order valence-electron chi connectivity index (χ0n) is 7.25. The van der Waals surface area contributed by atoms with Gasteiger partial charge in [0.25, 0.3) is 5.92 Å². The summed E-state index contributed by atoms with van der Waals surface area (Å²) in [5.41, 5.74) is -0.434. The Balaban J connectivity index is 3.00. The van der Waals surface area contributed by atoms with Gasteiger partial charge in [-0.25, -0.2) is 17.2 Å². The van der Waals surface area contributed by atoms with Crippen molar-refractivity contribution in [2.75, 3.05) is 5.75 Å². The summed E-state index contributed by atoms with van der Waals surface area (Å²) in [6.45, 7) is 0. The monoisotopic (exact) mass is 274 g/mol. The first kappa shape index (κ1) is 12.7. The van der Waals surface area contributed by atoms with Crippen LogP contribution in [0.5, 0.6) is 0 Å². The van der Waals surface area contributed by atoms with Crippen LogP contribution in [0.2, 0.25) is 5.02 Å². The normalized spacial score (nSPS) is 12.8. The highest BCUT2D eigenvalue weighted by molar-refractivity contribution is 8.13. The minimum atomic E-state index is -4.25. The van der Waals surface area contributed by atoms with Crippen LogP contribution in [-0.2, 0) is 15.0 Å². The van der Waals surface area contributed by atoms with Crippen molar-refractivity contribution in [2.45, 2.75) is 5.92 Å². The molecule has 0 aliphatic heterocycles. The van der Waals surface area contributed by atoms with Crippen molar-refractivity contribution in [3.8, 4) is 0 Å². The average molecular weight is 275 g/mol. The van der Waals surface area contributed by atoms with Gasteiger partial charge < -0.3 is 0 Å². The first-order valence-electron chi connectivity index (χ1n) is 3.77.